The Labute approximate surface area is 245 Å². The molecule has 0 radical (unpaired) electrons. The number of rotatable bonds is 4. The number of carbonyl (C=O) groups excluding carboxylic acids is 4. The molecule has 2 saturated heterocycles. The molecule has 2 saturated carbocycles. The van der Waals surface area contributed by atoms with Crippen LogP contribution in [0.3, 0.4) is 0 Å². The molecule has 4 amide bonds. The quantitative estimate of drug-likeness (QED) is 0.352. The zero-order valence-corrected chi connectivity index (χ0v) is 23.9. The van der Waals surface area contributed by atoms with Crippen LogP contribution in [0.25, 0.3) is 0 Å². The van der Waals surface area contributed by atoms with E-state index in [1.807, 2.05) is 0 Å². The monoisotopic (exact) mass is 672 g/mol. The van der Waals surface area contributed by atoms with Crippen molar-refractivity contribution >= 4 is 39.6 Å². The summed E-state index contributed by atoms with van der Waals surface area (Å²) >= 11 is 3.26. The van der Waals surface area contributed by atoms with Crippen LogP contribution in [0.5, 0.6) is 0 Å². The lowest BCUT2D eigenvalue weighted by Gasteiger charge is -2.46. The summed E-state index contributed by atoms with van der Waals surface area (Å²) in [4.78, 5) is 53.8. The number of carbonyl (C=O) groups is 4. The second-order valence-corrected chi connectivity index (χ2v) is 12.8. The van der Waals surface area contributed by atoms with Crippen LogP contribution in [-0.2, 0) is 23.9 Å². The van der Waals surface area contributed by atoms with E-state index in [4.69, 9.17) is 4.74 Å². The average Bonchev–Trinajstić information content (AvgIpc) is 3.30. The molecule has 3 heterocycles. The van der Waals surface area contributed by atoms with E-state index in [0.29, 0.717) is 0 Å². The molecular weight excluding hydrogens is 642 g/mol. The van der Waals surface area contributed by atoms with Gasteiger partial charge in [0.05, 0.1) is 48.7 Å². The standard InChI is InChI=1S/C26H31BrF6N4O5/c27-11-7-14(25(41)36-3-5-42-6-4-36)22(15(8-11)26(31,32)33)37-10-12(9-17(37)38)34-23(39)18-13-1-2-16(28)19(29)21(13)35-24(40)20(18)30/h11-16,19,21-22H,1-10H2,(H,34,39)(H,35,40)/t11?,12-,13?,14?,15?,16?,19?,21?,22?/m1/s1. The zero-order valence-electron chi connectivity index (χ0n) is 22.3. The number of halogens is 7. The fraction of sp³-hybridized carbons (Fsp3) is 0.769. The molecular formula is C26H31BrF6N4O5. The number of likely N-dealkylation sites (tertiary alicyclic amines) is 1. The molecule has 5 rings (SSSR count). The van der Waals surface area contributed by atoms with E-state index in [0.717, 1.165) is 4.90 Å². The number of alkyl halides is 6. The van der Waals surface area contributed by atoms with E-state index < -0.39 is 101 Å². The Morgan fingerprint density at radius 3 is 2.43 bits per heavy atom. The summed E-state index contributed by atoms with van der Waals surface area (Å²) in [5.41, 5.74) is -0.669. The topological polar surface area (TPSA) is 108 Å². The van der Waals surface area contributed by atoms with Crippen molar-refractivity contribution in [1.29, 1.82) is 0 Å². The molecule has 0 spiro atoms. The molecule has 3 aliphatic heterocycles. The van der Waals surface area contributed by atoms with E-state index in [1.165, 1.54) is 4.90 Å². The molecule has 0 aromatic heterocycles. The minimum absolute atomic E-state index is 0.0600. The number of nitrogens with zero attached hydrogens (tertiary/aromatic N) is 2. The molecule has 42 heavy (non-hydrogen) atoms. The van der Waals surface area contributed by atoms with Gasteiger partial charge in [-0.05, 0) is 25.7 Å². The summed E-state index contributed by atoms with van der Waals surface area (Å²) in [6.45, 7) is 0.508. The molecule has 0 bridgehead atoms. The van der Waals surface area contributed by atoms with Gasteiger partial charge in [-0.1, -0.05) is 15.9 Å². The van der Waals surface area contributed by atoms with Gasteiger partial charge >= 0.3 is 6.18 Å². The predicted octanol–water partition coefficient (Wildman–Crippen LogP) is 2.09. The van der Waals surface area contributed by atoms with Gasteiger partial charge in [0.25, 0.3) is 11.8 Å². The van der Waals surface area contributed by atoms with Crippen molar-refractivity contribution in [3.63, 3.8) is 0 Å². The van der Waals surface area contributed by atoms with Crippen molar-refractivity contribution in [2.24, 2.45) is 17.8 Å². The third-order valence-corrected chi connectivity index (χ3v) is 9.73. The Morgan fingerprint density at radius 1 is 1.07 bits per heavy atom. The van der Waals surface area contributed by atoms with E-state index in [-0.39, 0.29) is 58.5 Å². The van der Waals surface area contributed by atoms with Gasteiger partial charge in [0, 0.05) is 36.8 Å². The number of hydrogen-bond acceptors (Lipinski definition) is 5. The normalized spacial score (nSPS) is 37.8. The number of ether oxygens (including phenoxy) is 1. The van der Waals surface area contributed by atoms with E-state index in [9.17, 15) is 45.5 Å². The lowest BCUT2D eigenvalue weighted by atomic mass is 9.74. The summed E-state index contributed by atoms with van der Waals surface area (Å²) in [6, 6.07) is -4.05. The minimum atomic E-state index is -4.74. The van der Waals surface area contributed by atoms with E-state index in [1.54, 1.807) is 0 Å². The number of hydrogen-bond donors (Lipinski definition) is 2. The van der Waals surface area contributed by atoms with Gasteiger partial charge in [-0.3, -0.25) is 19.2 Å². The average molecular weight is 673 g/mol. The number of amides is 4. The highest BCUT2D eigenvalue weighted by Crippen LogP contribution is 2.46. The van der Waals surface area contributed by atoms with Crippen LogP contribution < -0.4 is 10.6 Å². The molecule has 4 fully saturated rings. The Morgan fingerprint density at radius 2 is 1.76 bits per heavy atom. The number of fused-ring (bicyclic) bond motifs is 1. The predicted molar refractivity (Wildman–Crippen MR) is 137 cm³/mol. The van der Waals surface area contributed by atoms with Crippen LogP contribution in [0.1, 0.15) is 32.1 Å². The highest BCUT2D eigenvalue weighted by Gasteiger charge is 2.57. The smallest absolute Gasteiger partial charge is 0.378 e. The summed E-state index contributed by atoms with van der Waals surface area (Å²) in [5.74, 6) is -9.53. The van der Waals surface area contributed by atoms with Crippen LogP contribution in [0.15, 0.2) is 11.4 Å². The fourth-order valence-electron chi connectivity index (χ4n) is 7.01. The van der Waals surface area contributed by atoms with Crippen molar-refractivity contribution < 1.29 is 50.3 Å². The molecule has 0 aromatic carbocycles. The fourth-order valence-corrected chi connectivity index (χ4v) is 7.81. The third kappa shape index (κ3) is 5.89. The van der Waals surface area contributed by atoms with Gasteiger partial charge in [0.2, 0.25) is 11.8 Å². The van der Waals surface area contributed by atoms with Gasteiger partial charge in [-0.15, -0.1) is 0 Å². The first kappa shape index (κ1) is 31.1. The van der Waals surface area contributed by atoms with Crippen molar-refractivity contribution in [3.05, 3.63) is 11.4 Å². The SMILES string of the molecule is O=C1NC2C(CCC(F)C2F)C(C(=O)N[C@@H]2CC(=O)N(C3C(C(=O)N4CCOCC4)CC(Br)CC3C(F)(F)F)C2)=C1F. The highest BCUT2D eigenvalue weighted by molar-refractivity contribution is 9.09. The summed E-state index contributed by atoms with van der Waals surface area (Å²) in [5, 5.41) is 4.50. The molecule has 8 unspecified atom stereocenters. The maximum atomic E-state index is 14.9. The molecule has 2 aliphatic carbocycles. The molecule has 9 nitrogen and oxygen atoms in total. The van der Waals surface area contributed by atoms with Crippen LogP contribution in [0, 0.1) is 17.8 Å². The van der Waals surface area contributed by atoms with Gasteiger partial charge in [0.1, 0.15) is 6.17 Å². The van der Waals surface area contributed by atoms with Crippen LogP contribution in [0.2, 0.25) is 0 Å². The van der Waals surface area contributed by atoms with Gasteiger partial charge < -0.3 is 25.2 Å². The van der Waals surface area contributed by atoms with Gasteiger partial charge in [0.15, 0.2) is 12.0 Å². The first-order chi connectivity index (χ1) is 19.8. The minimum Gasteiger partial charge on any atom is -0.378 e. The molecule has 234 valence electrons. The molecule has 5 aliphatic rings. The van der Waals surface area contributed by atoms with Gasteiger partial charge in [-0.25, -0.2) is 13.2 Å². The molecule has 16 heteroatoms. The first-order valence-electron chi connectivity index (χ1n) is 13.9. The number of nitrogens with one attached hydrogen (secondary N) is 2. The maximum absolute atomic E-state index is 14.9. The van der Waals surface area contributed by atoms with Crippen LogP contribution in [-0.4, -0.2) is 108 Å². The zero-order chi connectivity index (χ0) is 30.5. The summed E-state index contributed by atoms with van der Waals surface area (Å²) in [7, 11) is 0. The van der Waals surface area contributed by atoms with E-state index >= 15 is 0 Å². The largest absolute Gasteiger partial charge is 0.393 e. The van der Waals surface area contributed by atoms with Crippen LogP contribution in [0.4, 0.5) is 26.3 Å². The van der Waals surface area contributed by atoms with Crippen molar-refractivity contribution in [2.75, 3.05) is 32.8 Å². The number of morpholine rings is 1. The Balaban J connectivity index is 1.37. The van der Waals surface area contributed by atoms with Crippen molar-refractivity contribution in [3.8, 4) is 0 Å². The lowest BCUT2D eigenvalue weighted by molar-refractivity contribution is -0.206. The Bertz CT molecular complexity index is 1150. The first-order valence-corrected chi connectivity index (χ1v) is 14.9. The van der Waals surface area contributed by atoms with Crippen LogP contribution >= 0.6 is 15.9 Å². The van der Waals surface area contributed by atoms with Gasteiger partial charge in [-0.2, -0.15) is 13.2 Å². The molecule has 2 N–H and O–H groups in total. The van der Waals surface area contributed by atoms with Crippen molar-refractivity contribution in [2.45, 2.75) is 73.6 Å². The maximum Gasteiger partial charge on any atom is 0.393 e. The molecule has 0 aromatic rings. The second-order valence-electron chi connectivity index (χ2n) is 11.5. The van der Waals surface area contributed by atoms with E-state index in [2.05, 4.69) is 26.6 Å². The summed E-state index contributed by atoms with van der Waals surface area (Å²) < 4.78 is 91.6. The summed E-state index contributed by atoms with van der Waals surface area (Å²) in [6.07, 6.45) is -9.93. The Hall–Kier alpha value is -2.36. The second kappa shape index (κ2) is 12.0. The van der Waals surface area contributed by atoms with Crippen molar-refractivity contribution in [1.82, 2.24) is 20.4 Å². The molecule has 9 atom stereocenters. The third-order valence-electron chi connectivity index (χ3n) is 8.98. The highest BCUT2D eigenvalue weighted by atomic mass is 79.9. The lowest BCUT2D eigenvalue weighted by Crippen LogP contribution is -2.60. The Kier molecular flexibility index (Phi) is 8.85.